The maximum absolute atomic E-state index is 14.1. The molecule has 1 unspecified atom stereocenters. The Hall–Kier alpha value is -2.53. The Bertz CT molecular complexity index is 1120. The molecular weight excluding hydrogens is 466 g/mol. The summed E-state index contributed by atoms with van der Waals surface area (Å²) >= 11 is 1.99. The fraction of sp³-hybridized carbons (Fsp3) is 0.333. The molecule has 2 heterocycles. The number of hydrogen-bond acceptors (Lipinski definition) is 6. The molecule has 0 amide bonds. The van der Waals surface area contributed by atoms with Gasteiger partial charge in [-0.2, -0.15) is 17.6 Å². The largest absolute Gasteiger partial charge is 0.423 e. The van der Waals surface area contributed by atoms with E-state index in [1.165, 1.54) is 23.2 Å². The maximum atomic E-state index is 14.1. The van der Waals surface area contributed by atoms with E-state index in [2.05, 4.69) is 9.97 Å². The molecule has 1 saturated carbocycles. The molecule has 1 aliphatic rings. The van der Waals surface area contributed by atoms with Crippen LogP contribution in [0.25, 0.3) is 0 Å². The number of thioether (sulfide) groups is 1. The summed E-state index contributed by atoms with van der Waals surface area (Å²) in [6, 6.07) is 8.24. The zero-order valence-electron chi connectivity index (χ0n) is 16.5. The smallest absolute Gasteiger partial charge is 0.258 e. The normalized spacial score (nSPS) is 16.8. The van der Waals surface area contributed by atoms with Gasteiger partial charge >= 0.3 is 6.18 Å². The summed E-state index contributed by atoms with van der Waals surface area (Å²) < 4.78 is 54.2. The first kappa shape index (κ1) is 22.7. The minimum Gasteiger partial charge on any atom is -0.258 e. The van der Waals surface area contributed by atoms with E-state index in [0.29, 0.717) is 23.6 Å². The molecule has 1 aliphatic carbocycles. The summed E-state index contributed by atoms with van der Waals surface area (Å²) in [4.78, 5) is 18.6. The molecular formula is C21H17F4N3O2S2. The van der Waals surface area contributed by atoms with E-state index in [0.717, 1.165) is 36.3 Å². The van der Waals surface area contributed by atoms with Crippen LogP contribution in [0.5, 0.6) is 0 Å². The van der Waals surface area contributed by atoms with Crippen LogP contribution in [-0.2, 0) is 10.9 Å². The van der Waals surface area contributed by atoms with Crippen LogP contribution < -0.4 is 0 Å². The van der Waals surface area contributed by atoms with Crippen molar-refractivity contribution in [2.75, 3.05) is 0 Å². The van der Waals surface area contributed by atoms with E-state index >= 15 is 0 Å². The first-order valence-electron chi connectivity index (χ1n) is 9.79. The van der Waals surface area contributed by atoms with Crippen LogP contribution in [0, 0.1) is 21.3 Å². The summed E-state index contributed by atoms with van der Waals surface area (Å²) in [6.45, 7) is 0. The lowest BCUT2D eigenvalue weighted by atomic mass is 9.81. The highest BCUT2D eigenvalue weighted by atomic mass is 32.2. The van der Waals surface area contributed by atoms with E-state index in [4.69, 9.17) is 0 Å². The van der Waals surface area contributed by atoms with Gasteiger partial charge in [-0.15, -0.1) is 0 Å². The third-order valence-corrected chi connectivity index (χ3v) is 7.80. The summed E-state index contributed by atoms with van der Waals surface area (Å²) in [5, 5.41) is 12.6. The number of aromatic nitrogens is 2. The molecule has 0 radical (unpaired) electrons. The number of rotatable bonds is 6. The predicted octanol–water partition coefficient (Wildman–Crippen LogP) is 6.83. The van der Waals surface area contributed by atoms with Gasteiger partial charge in [0.05, 0.1) is 20.4 Å². The molecule has 11 heteroatoms. The third-order valence-electron chi connectivity index (χ3n) is 5.62. The average Bonchev–Trinajstić information content (AvgIpc) is 3.44. The van der Waals surface area contributed by atoms with Gasteiger partial charge in [0.2, 0.25) is 0 Å². The average molecular weight is 484 g/mol. The Morgan fingerprint density at radius 2 is 1.91 bits per heavy atom. The van der Waals surface area contributed by atoms with Gasteiger partial charge in [-0.25, -0.2) is 9.97 Å². The van der Waals surface area contributed by atoms with Gasteiger partial charge in [-0.1, -0.05) is 48.1 Å². The second kappa shape index (κ2) is 8.78. The minimum atomic E-state index is -4.93. The monoisotopic (exact) mass is 483 g/mol. The molecule has 0 saturated heterocycles. The Morgan fingerprint density at radius 3 is 2.47 bits per heavy atom. The molecule has 0 bridgehead atoms. The summed E-state index contributed by atoms with van der Waals surface area (Å²) in [5.41, 5.74) is -1.86. The van der Waals surface area contributed by atoms with Crippen molar-refractivity contribution in [3.05, 3.63) is 80.2 Å². The van der Waals surface area contributed by atoms with Crippen molar-refractivity contribution in [3.63, 3.8) is 0 Å². The van der Waals surface area contributed by atoms with Crippen molar-refractivity contribution in [1.82, 2.24) is 9.97 Å². The third kappa shape index (κ3) is 4.23. The van der Waals surface area contributed by atoms with Crippen molar-refractivity contribution in [2.24, 2.45) is 5.92 Å². The second-order valence-corrected chi connectivity index (χ2v) is 9.53. The number of nitro benzene ring substituents is 1. The summed E-state index contributed by atoms with van der Waals surface area (Å²) in [5.74, 6) is -0.154. The number of nitrogens with zero attached hydrogens (tertiary/aromatic N) is 3. The minimum absolute atomic E-state index is 0.154. The van der Waals surface area contributed by atoms with E-state index in [-0.39, 0.29) is 11.5 Å². The van der Waals surface area contributed by atoms with Gasteiger partial charge in [-0.05, 0) is 42.5 Å². The van der Waals surface area contributed by atoms with Crippen LogP contribution >= 0.6 is 23.1 Å². The van der Waals surface area contributed by atoms with Gasteiger partial charge in [0.25, 0.3) is 10.9 Å². The van der Waals surface area contributed by atoms with Crippen LogP contribution in [0.1, 0.15) is 42.5 Å². The SMILES string of the molecule is O=[N+]([O-])c1ccc(C(Sc2ccccn2)(c2csc(F)n2)C2CCCC2)cc1C(F)(F)F. The number of hydrogen-bond donors (Lipinski definition) is 0. The number of nitro groups is 1. The molecule has 1 fully saturated rings. The van der Waals surface area contributed by atoms with E-state index in [9.17, 15) is 27.7 Å². The molecule has 168 valence electrons. The molecule has 32 heavy (non-hydrogen) atoms. The zero-order chi connectivity index (χ0) is 22.9. The standard InChI is InChI=1S/C21H17F4N3O2S2/c22-19-27-17(12-31-19)20(13-5-1-2-6-13,32-18-7-3-4-10-26-18)14-8-9-16(28(29)30)15(11-14)21(23,24)25/h3-4,7-13H,1-2,5-6H2. The molecule has 4 rings (SSSR count). The number of thiazole rings is 1. The highest BCUT2D eigenvalue weighted by molar-refractivity contribution is 8.00. The number of benzene rings is 1. The van der Waals surface area contributed by atoms with Crippen molar-refractivity contribution in [1.29, 1.82) is 0 Å². The molecule has 1 aromatic carbocycles. The summed E-state index contributed by atoms with van der Waals surface area (Å²) in [7, 11) is 0. The molecule has 0 spiro atoms. The molecule has 5 nitrogen and oxygen atoms in total. The number of pyridine rings is 1. The molecule has 3 aromatic rings. The fourth-order valence-corrected chi connectivity index (χ4v) is 6.39. The highest BCUT2D eigenvalue weighted by Gasteiger charge is 2.48. The maximum Gasteiger partial charge on any atom is 0.423 e. The van der Waals surface area contributed by atoms with Crippen molar-refractivity contribution in [2.45, 2.75) is 41.6 Å². The second-order valence-electron chi connectivity index (χ2n) is 7.46. The first-order chi connectivity index (χ1) is 15.2. The quantitative estimate of drug-likeness (QED) is 0.166. The van der Waals surface area contributed by atoms with Crippen molar-refractivity contribution < 1.29 is 22.5 Å². The van der Waals surface area contributed by atoms with Crippen LogP contribution in [0.3, 0.4) is 0 Å². The van der Waals surface area contributed by atoms with E-state index in [1.807, 2.05) is 0 Å². The lowest BCUT2D eigenvalue weighted by Gasteiger charge is -2.38. The Balaban J connectivity index is 1.99. The Labute approximate surface area is 189 Å². The van der Waals surface area contributed by atoms with Crippen LogP contribution in [0.4, 0.5) is 23.2 Å². The van der Waals surface area contributed by atoms with Gasteiger partial charge < -0.3 is 0 Å². The first-order valence-corrected chi connectivity index (χ1v) is 11.5. The summed E-state index contributed by atoms with van der Waals surface area (Å²) in [6.07, 6.45) is -0.195. The van der Waals surface area contributed by atoms with Crippen LogP contribution in [-0.4, -0.2) is 14.9 Å². The van der Waals surface area contributed by atoms with Gasteiger partial charge in [0.15, 0.2) is 0 Å². The molecule has 1 atom stereocenters. The van der Waals surface area contributed by atoms with Gasteiger partial charge in [0, 0.05) is 17.6 Å². The van der Waals surface area contributed by atoms with E-state index in [1.54, 1.807) is 24.4 Å². The van der Waals surface area contributed by atoms with Crippen LogP contribution in [0.15, 0.2) is 53.0 Å². The lowest BCUT2D eigenvalue weighted by molar-refractivity contribution is -0.388. The van der Waals surface area contributed by atoms with E-state index < -0.39 is 32.4 Å². The Morgan fingerprint density at radius 1 is 1.16 bits per heavy atom. The zero-order valence-corrected chi connectivity index (χ0v) is 18.1. The predicted molar refractivity (Wildman–Crippen MR) is 113 cm³/mol. The van der Waals surface area contributed by atoms with Gasteiger partial charge in [-0.3, -0.25) is 10.1 Å². The number of alkyl halides is 3. The number of halogens is 4. The highest BCUT2D eigenvalue weighted by Crippen LogP contribution is 2.57. The molecule has 2 aromatic heterocycles. The van der Waals surface area contributed by atoms with Crippen molar-refractivity contribution in [3.8, 4) is 0 Å². The Kier molecular flexibility index (Phi) is 6.22. The van der Waals surface area contributed by atoms with Gasteiger partial charge in [0.1, 0.15) is 5.56 Å². The molecule has 0 aliphatic heterocycles. The lowest BCUT2D eigenvalue weighted by Crippen LogP contribution is -2.33. The van der Waals surface area contributed by atoms with Crippen molar-refractivity contribution >= 4 is 28.8 Å². The fourth-order valence-electron chi connectivity index (χ4n) is 4.27. The topological polar surface area (TPSA) is 68.9 Å². The molecule has 0 N–H and O–H groups in total. The van der Waals surface area contributed by atoms with Crippen LogP contribution in [0.2, 0.25) is 0 Å².